The summed E-state index contributed by atoms with van der Waals surface area (Å²) in [4.78, 5) is 17.1. The minimum atomic E-state index is -0.363. The quantitative estimate of drug-likeness (QED) is 0.462. The number of nitrogens with one attached hydrogen (secondary N) is 1. The van der Waals surface area contributed by atoms with Crippen molar-refractivity contribution < 1.29 is 9.21 Å². The predicted molar refractivity (Wildman–Crippen MR) is 115 cm³/mol. The minimum Gasteiger partial charge on any atom is -0.441 e. The van der Waals surface area contributed by atoms with Gasteiger partial charge < -0.3 is 9.73 Å². The normalized spacial score (nSPS) is 10.9. The molecule has 2 aromatic carbocycles. The molecule has 1 N–H and O–H groups in total. The van der Waals surface area contributed by atoms with Gasteiger partial charge in [0.2, 0.25) is 5.89 Å². The van der Waals surface area contributed by atoms with E-state index in [2.05, 4.69) is 20.6 Å². The van der Waals surface area contributed by atoms with Crippen molar-refractivity contribution in [2.75, 3.05) is 5.32 Å². The number of oxazole rings is 1. The Bertz CT molecular complexity index is 1230. The number of hydrogen-bond acceptors (Lipinski definition) is 5. The first kappa shape index (κ1) is 20.1. The molecule has 7 nitrogen and oxygen atoms in total. The molecule has 0 saturated heterocycles. The SMILES string of the molecule is Cc1oc(-c2cccc(Cl)c2)nc1Cn1nnc(C(=O)Nc2cccc(Cl)c2)c1C. The number of carbonyl (C=O) groups excluding carboxylic acids is 1. The second-order valence-corrected chi connectivity index (χ2v) is 7.55. The van der Waals surface area contributed by atoms with Crippen molar-refractivity contribution in [1.82, 2.24) is 20.0 Å². The maximum Gasteiger partial charge on any atom is 0.278 e. The number of nitrogens with zero attached hydrogens (tertiary/aromatic N) is 4. The number of aromatic nitrogens is 4. The van der Waals surface area contributed by atoms with Gasteiger partial charge in [0.25, 0.3) is 5.91 Å². The number of carbonyl (C=O) groups is 1. The summed E-state index contributed by atoms with van der Waals surface area (Å²) in [5.74, 6) is 0.768. The van der Waals surface area contributed by atoms with Gasteiger partial charge in [0.15, 0.2) is 5.69 Å². The van der Waals surface area contributed by atoms with E-state index < -0.39 is 0 Å². The van der Waals surface area contributed by atoms with Gasteiger partial charge in [-0.25, -0.2) is 9.67 Å². The number of aryl methyl sites for hydroxylation is 1. The number of rotatable bonds is 5. The van der Waals surface area contributed by atoms with Crippen molar-refractivity contribution in [3.05, 3.63) is 81.4 Å². The van der Waals surface area contributed by atoms with E-state index >= 15 is 0 Å². The van der Waals surface area contributed by atoms with Crippen molar-refractivity contribution in [2.45, 2.75) is 20.4 Å². The average molecular weight is 442 g/mol. The van der Waals surface area contributed by atoms with Crippen molar-refractivity contribution in [1.29, 1.82) is 0 Å². The van der Waals surface area contributed by atoms with Gasteiger partial charge in [-0.1, -0.05) is 40.5 Å². The van der Waals surface area contributed by atoms with Crippen LogP contribution in [0.4, 0.5) is 5.69 Å². The van der Waals surface area contributed by atoms with Crippen LogP contribution >= 0.6 is 23.2 Å². The van der Waals surface area contributed by atoms with Gasteiger partial charge in [0, 0.05) is 21.3 Å². The average Bonchev–Trinajstić information content (AvgIpc) is 3.25. The molecule has 0 unspecified atom stereocenters. The Hall–Kier alpha value is -3.16. The van der Waals surface area contributed by atoms with Gasteiger partial charge in [0.05, 0.1) is 12.2 Å². The molecular formula is C21H17Cl2N5O2. The van der Waals surface area contributed by atoms with Crippen LogP contribution in [-0.4, -0.2) is 25.9 Å². The molecule has 0 aliphatic heterocycles. The van der Waals surface area contributed by atoms with Crippen LogP contribution < -0.4 is 5.32 Å². The Morgan fingerprint density at radius 2 is 1.83 bits per heavy atom. The van der Waals surface area contributed by atoms with Crippen molar-refractivity contribution >= 4 is 34.8 Å². The van der Waals surface area contributed by atoms with Crippen LogP contribution in [0, 0.1) is 13.8 Å². The molecule has 0 radical (unpaired) electrons. The summed E-state index contributed by atoms with van der Waals surface area (Å²) in [5.41, 5.74) is 2.90. The molecule has 0 aliphatic carbocycles. The van der Waals surface area contributed by atoms with Gasteiger partial charge in [-0.2, -0.15) is 0 Å². The third kappa shape index (κ3) is 4.22. The van der Waals surface area contributed by atoms with Gasteiger partial charge in [-0.3, -0.25) is 4.79 Å². The summed E-state index contributed by atoms with van der Waals surface area (Å²) < 4.78 is 7.40. The maximum absolute atomic E-state index is 12.6. The van der Waals surface area contributed by atoms with Crippen LogP contribution in [0.2, 0.25) is 10.0 Å². The first-order chi connectivity index (χ1) is 14.4. The standard InChI is InChI=1S/C21H17Cl2N5O2/c1-12-19(20(29)24-17-8-4-7-16(23)10-17)26-27-28(12)11-18-13(2)30-21(25-18)14-5-3-6-15(22)9-14/h3-10H,11H2,1-2H3,(H,24,29). The van der Waals surface area contributed by atoms with E-state index in [1.54, 1.807) is 48.0 Å². The second kappa shape index (κ2) is 8.30. The van der Waals surface area contributed by atoms with E-state index in [1.165, 1.54) is 0 Å². The van der Waals surface area contributed by atoms with E-state index in [4.69, 9.17) is 27.6 Å². The fourth-order valence-electron chi connectivity index (χ4n) is 2.94. The fraction of sp³-hybridized carbons (Fsp3) is 0.143. The lowest BCUT2D eigenvalue weighted by Crippen LogP contribution is -2.14. The molecule has 4 rings (SSSR count). The van der Waals surface area contributed by atoms with E-state index in [9.17, 15) is 4.79 Å². The van der Waals surface area contributed by atoms with E-state index in [0.29, 0.717) is 45.3 Å². The molecule has 2 aromatic heterocycles. The first-order valence-corrected chi connectivity index (χ1v) is 9.85. The number of benzene rings is 2. The zero-order chi connectivity index (χ0) is 21.3. The Morgan fingerprint density at radius 3 is 2.57 bits per heavy atom. The van der Waals surface area contributed by atoms with Crippen LogP contribution in [0.25, 0.3) is 11.5 Å². The second-order valence-electron chi connectivity index (χ2n) is 6.68. The lowest BCUT2D eigenvalue weighted by atomic mass is 10.2. The monoisotopic (exact) mass is 441 g/mol. The number of amides is 1. The van der Waals surface area contributed by atoms with Crippen LogP contribution in [-0.2, 0) is 6.54 Å². The van der Waals surface area contributed by atoms with Crippen LogP contribution in [0.1, 0.15) is 27.6 Å². The third-order valence-electron chi connectivity index (χ3n) is 4.54. The van der Waals surface area contributed by atoms with Crippen molar-refractivity contribution in [2.24, 2.45) is 0 Å². The van der Waals surface area contributed by atoms with Gasteiger partial charge in [-0.15, -0.1) is 5.10 Å². The zero-order valence-electron chi connectivity index (χ0n) is 16.2. The zero-order valence-corrected chi connectivity index (χ0v) is 17.7. The first-order valence-electron chi connectivity index (χ1n) is 9.10. The van der Waals surface area contributed by atoms with E-state index in [-0.39, 0.29) is 11.6 Å². The molecule has 9 heteroatoms. The highest BCUT2D eigenvalue weighted by Crippen LogP contribution is 2.25. The largest absolute Gasteiger partial charge is 0.441 e. The summed E-state index contributed by atoms with van der Waals surface area (Å²) in [6.07, 6.45) is 0. The smallest absolute Gasteiger partial charge is 0.278 e. The highest BCUT2D eigenvalue weighted by Gasteiger charge is 2.19. The number of anilines is 1. The predicted octanol–water partition coefficient (Wildman–Crippen LogP) is 5.16. The summed E-state index contributed by atoms with van der Waals surface area (Å²) in [6, 6.07) is 14.2. The lowest BCUT2D eigenvalue weighted by Gasteiger charge is -2.05. The number of halogens is 2. The topological polar surface area (TPSA) is 85.8 Å². The van der Waals surface area contributed by atoms with Gasteiger partial charge in [0.1, 0.15) is 11.5 Å². The van der Waals surface area contributed by atoms with Crippen LogP contribution in [0.3, 0.4) is 0 Å². The lowest BCUT2D eigenvalue weighted by molar-refractivity contribution is 0.102. The molecule has 0 spiro atoms. The molecular weight excluding hydrogens is 425 g/mol. The Kier molecular flexibility index (Phi) is 5.57. The van der Waals surface area contributed by atoms with E-state index in [1.807, 2.05) is 19.1 Å². The molecule has 0 fully saturated rings. The summed E-state index contributed by atoms with van der Waals surface area (Å²) >= 11 is 12.0. The molecule has 0 saturated carbocycles. The van der Waals surface area contributed by atoms with Gasteiger partial charge in [-0.05, 0) is 50.2 Å². The summed E-state index contributed by atoms with van der Waals surface area (Å²) in [5, 5.41) is 12.0. The molecule has 1 amide bonds. The van der Waals surface area contributed by atoms with Crippen LogP contribution in [0.15, 0.2) is 52.9 Å². The van der Waals surface area contributed by atoms with E-state index in [0.717, 1.165) is 5.56 Å². The van der Waals surface area contributed by atoms with Crippen molar-refractivity contribution in [3.8, 4) is 11.5 Å². The van der Waals surface area contributed by atoms with Gasteiger partial charge >= 0.3 is 0 Å². The molecule has 4 aromatic rings. The highest BCUT2D eigenvalue weighted by atomic mass is 35.5. The molecule has 2 heterocycles. The minimum absolute atomic E-state index is 0.228. The summed E-state index contributed by atoms with van der Waals surface area (Å²) in [7, 11) is 0. The molecule has 152 valence electrons. The Labute approximate surface area is 182 Å². The molecule has 0 atom stereocenters. The highest BCUT2D eigenvalue weighted by molar-refractivity contribution is 6.31. The van der Waals surface area contributed by atoms with Crippen molar-refractivity contribution in [3.63, 3.8) is 0 Å². The Balaban J connectivity index is 1.54. The number of hydrogen-bond donors (Lipinski definition) is 1. The third-order valence-corrected chi connectivity index (χ3v) is 5.01. The fourth-order valence-corrected chi connectivity index (χ4v) is 3.32. The molecule has 0 bridgehead atoms. The Morgan fingerprint density at radius 1 is 1.10 bits per heavy atom. The maximum atomic E-state index is 12.6. The van der Waals surface area contributed by atoms with Crippen LogP contribution in [0.5, 0.6) is 0 Å². The molecule has 0 aliphatic rings. The summed E-state index contributed by atoms with van der Waals surface area (Å²) in [6.45, 7) is 3.93. The molecule has 30 heavy (non-hydrogen) atoms.